The van der Waals surface area contributed by atoms with Gasteiger partial charge < -0.3 is 4.74 Å². The maximum absolute atomic E-state index is 12.5. The predicted octanol–water partition coefficient (Wildman–Crippen LogP) is 2.92. The summed E-state index contributed by atoms with van der Waals surface area (Å²) in [5.41, 5.74) is 0.387. The van der Waals surface area contributed by atoms with Crippen LogP contribution in [0, 0.1) is 0 Å². The monoisotopic (exact) mass is 412 g/mol. The Kier molecular flexibility index (Phi) is 6.85. The summed E-state index contributed by atoms with van der Waals surface area (Å²) < 4.78 is 59.1. The number of hydrogen-bond acceptors (Lipinski definition) is 5. The third-order valence-corrected chi connectivity index (χ3v) is 7.36. The molecule has 0 aliphatic heterocycles. The first kappa shape index (κ1) is 21.2. The Morgan fingerprint density at radius 2 is 1.33 bits per heavy atom. The fraction of sp³-hybridized carbons (Fsp3) is 0.333. The minimum absolute atomic E-state index is 0.0186. The van der Waals surface area contributed by atoms with Crippen molar-refractivity contribution in [1.29, 1.82) is 0 Å². The SMILES string of the molecule is CCOc1ccc(NS(=O)(=O)c2ccc(S(=O)(=O)N(CC)CC)cc2)cc1. The molecule has 0 aliphatic rings. The second-order valence-corrected chi connectivity index (χ2v) is 9.24. The van der Waals surface area contributed by atoms with Gasteiger partial charge in [-0.05, 0) is 55.5 Å². The first-order valence-corrected chi connectivity index (χ1v) is 11.5. The number of rotatable bonds is 9. The first-order chi connectivity index (χ1) is 12.7. The molecule has 0 heterocycles. The Hall–Kier alpha value is -2.10. The molecule has 0 bridgehead atoms. The van der Waals surface area contributed by atoms with Crippen LogP contribution in [0.5, 0.6) is 5.75 Å². The highest BCUT2D eigenvalue weighted by Crippen LogP contribution is 2.22. The van der Waals surface area contributed by atoms with Crippen LogP contribution in [0.15, 0.2) is 58.3 Å². The Morgan fingerprint density at radius 3 is 1.81 bits per heavy atom. The molecule has 0 amide bonds. The number of benzene rings is 2. The standard InChI is InChI=1S/C18H24N2O5S2/c1-4-20(5-2)27(23,24)18-13-11-17(12-14-18)26(21,22)19-15-7-9-16(10-8-15)25-6-3/h7-14,19H,4-6H2,1-3H3. The highest BCUT2D eigenvalue weighted by atomic mass is 32.2. The van der Waals surface area contributed by atoms with E-state index in [2.05, 4.69) is 4.72 Å². The van der Waals surface area contributed by atoms with Gasteiger partial charge in [0.1, 0.15) is 5.75 Å². The van der Waals surface area contributed by atoms with Crippen molar-refractivity contribution in [3.8, 4) is 5.75 Å². The highest BCUT2D eigenvalue weighted by molar-refractivity contribution is 7.92. The lowest BCUT2D eigenvalue weighted by molar-refractivity contribution is 0.340. The maximum Gasteiger partial charge on any atom is 0.261 e. The molecule has 2 rings (SSSR count). The highest BCUT2D eigenvalue weighted by Gasteiger charge is 2.22. The van der Waals surface area contributed by atoms with Crippen LogP contribution >= 0.6 is 0 Å². The molecule has 0 fully saturated rings. The van der Waals surface area contributed by atoms with Crippen LogP contribution in [0.2, 0.25) is 0 Å². The quantitative estimate of drug-likeness (QED) is 0.684. The van der Waals surface area contributed by atoms with E-state index in [1.54, 1.807) is 38.1 Å². The van der Waals surface area contributed by atoms with Gasteiger partial charge in [-0.2, -0.15) is 4.31 Å². The van der Waals surface area contributed by atoms with Gasteiger partial charge in [0.2, 0.25) is 10.0 Å². The van der Waals surface area contributed by atoms with E-state index in [1.807, 2.05) is 6.92 Å². The van der Waals surface area contributed by atoms with Gasteiger partial charge in [0.25, 0.3) is 10.0 Å². The summed E-state index contributed by atoms with van der Waals surface area (Å²) >= 11 is 0. The molecule has 0 spiro atoms. The van der Waals surface area contributed by atoms with E-state index in [4.69, 9.17) is 4.74 Å². The van der Waals surface area contributed by atoms with Crippen molar-refractivity contribution in [2.24, 2.45) is 0 Å². The van der Waals surface area contributed by atoms with Gasteiger partial charge in [-0.3, -0.25) is 4.72 Å². The van der Waals surface area contributed by atoms with Gasteiger partial charge in [0, 0.05) is 18.8 Å². The van der Waals surface area contributed by atoms with E-state index >= 15 is 0 Å². The third kappa shape index (κ3) is 5.00. The van der Waals surface area contributed by atoms with Crippen molar-refractivity contribution in [1.82, 2.24) is 4.31 Å². The van der Waals surface area contributed by atoms with Crippen molar-refractivity contribution >= 4 is 25.7 Å². The zero-order valence-corrected chi connectivity index (χ0v) is 17.2. The molecule has 0 unspecified atom stereocenters. The van der Waals surface area contributed by atoms with Gasteiger partial charge in [0.15, 0.2) is 0 Å². The topological polar surface area (TPSA) is 92.8 Å². The maximum atomic E-state index is 12.5. The Bertz CT molecular complexity index is 950. The summed E-state index contributed by atoms with van der Waals surface area (Å²) in [6.07, 6.45) is 0. The summed E-state index contributed by atoms with van der Waals surface area (Å²) in [4.78, 5) is 0.0427. The smallest absolute Gasteiger partial charge is 0.261 e. The molecule has 0 atom stereocenters. The molecule has 0 aliphatic carbocycles. The number of nitrogens with zero attached hydrogens (tertiary/aromatic N) is 1. The van der Waals surface area contributed by atoms with Crippen molar-refractivity contribution in [2.45, 2.75) is 30.6 Å². The van der Waals surface area contributed by atoms with Crippen molar-refractivity contribution in [3.05, 3.63) is 48.5 Å². The van der Waals surface area contributed by atoms with E-state index in [9.17, 15) is 16.8 Å². The molecular weight excluding hydrogens is 388 g/mol. The molecular formula is C18H24N2O5S2. The van der Waals surface area contributed by atoms with Gasteiger partial charge >= 0.3 is 0 Å². The second-order valence-electron chi connectivity index (χ2n) is 5.62. The molecule has 7 nitrogen and oxygen atoms in total. The van der Waals surface area contributed by atoms with Crippen molar-refractivity contribution in [2.75, 3.05) is 24.4 Å². The average Bonchev–Trinajstić information content (AvgIpc) is 2.64. The number of nitrogens with one attached hydrogen (secondary N) is 1. The predicted molar refractivity (Wildman–Crippen MR) is 105 cm³/mol. The number of hydrogen-bond donors (Lipinski definition) is 1. The average molecular weight is 413 g/mol. The fourth-order valence-corrected chi connectivity index (χ4v) is 5.02. The zero-order valence-electron chi connectivity index (χ0n) is 15.5. The lowest BCUT2D eigenvalue weighted by atomic mass is 10.3. The number of ether oxygens (including phenoxy) is 1. The Morgan fingerprint density at radius 1 is 0.815 bits per heavy atom. The van der Waals surface area contributed by atoms with Crippen LogP contribution in [0.4, 0.5) is 5.69 Å². The van der Waals surface area contributed by atoms with Crippen LogP contribution in [0.25, 0.3) is 0 Å². The first-order valence-electron chi connectivity index (χ1n) is 8.60. The minimum atomic E-state index is -3.83. The van der Waals surface area contributed by atoms with E-state index in [0.717, 1.165) is 0 Å². The van der Waals surface area contributed by atoms with Crippen molar-refractivity contribution in [3.63, 3.8) is 0 Å². The van der Waals surface area contributed by atoms with E-state index in [-0.39, 0.29) is 9.79 Å². The Labute approximate surface area is 161 Å². The summed E-state index contributed by atoms with van der Waals surface area (Å²) in [6, 6.07) is 11.7. The van der Waals surface area contributed by atoms with Gasteiger partial charge in [-0.25, -0.2) is 16.8 Å². The molecule has 148 valence electrons. The van der Waals surface area contributed by atoms with Gasteiger partial charge in [-0.1, -0.05) is 13.8 Å². The number of anilines is 1. The molecule has 0 saturated carbocycles. The summed E-state index contributed by atoms with van der Waals surface area (Å²) in [5, 5.41) is 0. The summed E-state index contributed by atoms with van der Waals surface area (Å²) in [6.45, 7) is 6.58. The second kappa shape index (κ2) is 8.73. The molecule has 0 saturated heterocycles. The Balaban J connectivity index is 2.22. The molecule has 0 aromatic heterocycles. The minimum Gasteiger partial charge on any atom is -0.494 e. The van der Waals surface area contributed by atoms with Gasteiger partial charge in [0.05, 0.1) is 16.4 Å². The molecule has 9 heteroatoms. The summed E-state index contributed by atoms with van der Waals surface area (Å²) in [7, 11) is -7.46. The fourth-order valence-electron chi connectivity index (χ4n) is 2.50. The molecule has 0 radical (unpaired) electrons. The number of sulfonamides is 2. The lowest BCUT2D eigenvalue weighted by Gasteiger charge is -2.18. The van der Waals surface area contributed by atoms with E-state index < -0.39 is 20.0 Å². The molecule has 27 heavy (non-hydrogen) atoms. The zero-order chi connectivity index (χ0) is 20.1. The van der Waals surface area contributed by atoms with Crippen LogP contribution in [-0.2, 0) is 20.0 Å². The van der Waals surface area contributed by atoms with Crippen molar-refractivity contribution < 1.29 is 21.6 Å². The largest absolute Gasteiger partial charge is 0.494 e. The molecule has 2 aromatic carbocycles. The van der Waals surface area contributed by atoms with Gasteiger partial charge in [-0.15, -0.1) is 0 Å². The van der Waals surface area contributed by atoms with Crippen LogP contribution in [-0.4, -0.2) is 40.8 Å². The van der Waals surface area contributed by atoms with Crippen LogP contribution in [0.3, 0.4) is 0 Å². The molecule has 1 N–H and O–H groups in total. The molecule has 2 aromatic rings. The van der Waals surface area contributed by atoms with E-state index in [0.29, 0.717) is 31.1 Å². The van der Waals surface area contributed by atoms with Crippen LogP contribution in [0.1, 0.15) is 20.8 Å². The van der Waals surface area contributed by atoms with E-state index in [1.165, 1.54) is 28.6 Å². The third-order valence-electron chi connectivity index (χ3n) is 3.89. The normalized spacial score (nSPS) is 12.1. The van der Waals surface area contributed by atoms with Crippen LogP contribution < -0.4 is 9.46 Å². The lowest BCUT2D eigenvalue weighted by Crippen LogP contribution is -2.30. The summed E-state index contributed by atoms with van der Waals surface area (Å²) in [5.74, 6) is 0.645.